The first kappa shape index (κ1) is 11.8. The Labute approximate surface area is 68.8 Å². The van der Waals surface area contributed by atoms with Crippen LogP contribution in [0.2, 0.25) is 0 Å². The summed E-state index contributed by atoms with van der Waals surface area (Å²) in [4.78, 5) is 0. The molecular weight excluding hydrogens is 234 g/mol. The second-order valence-electron chi connectivity index (χ2n) is 1.74. The van der Waals surface area contributed by atoms with Crippen LogP contribution in [0.15, 0.2) is 0 Å². The highest BCUT2D eigenvalue weighted by atomic mass is 33.2. The molecular formula is CH5NO7S3. The first-order valence-corrected chi connectivity index (χ1v) is 7.50. The van der Waals surface area contributed by atoms with Crippen molar-refractivity contribution >= 4 is 28.2 Å². The Morgan fingerprint density at radius 2 is 1.33 bits per heavy atom. The molecule has 0 saturated heterocycles. The summed E-state index contributed by atoms with van der Waals surface area (Å²) < 4.78 is 69.8. The molecule has 0 fully saturated rings. The Morgan fingerprint density at radius 1 is 1.00 bits per heavy atom. The Kier molecular flexibility index (Phi) is 2.86. The quantitative estimate of drug-likeness (QED) is 0.416. The van der Waals surface area contributed by atoms with E-state index < -0.39 is 28.2 Å². The van der Waals surface area contributed by atoms with E-state index in [1.807, 2.05) is 0 Å². The summed E-state index contributed by atoms with van der Waals surface area (Å²) >= 11 is 0. The van der Waals surface area contributed by atoms with Crippen molar-refractivity contribution in [2.45, 2.75) is 0 Å². The fourth-order valence-electron chi connectivity index (χ4n) is 0.228. The van der Waals surface area contributed by atoms with Crippen molar-refractivity contribution in [3.05, 3.63) is 0 Å². The number of rotatable bonds is 3. The summed E-state index contributed by atoms with van der Waals surface area (Å²) in [6.07, 6.45) is 0.426. The maximum atomic E-state index is 10.3. The van der Waals surface area contributed by atoms with Gasteiger partial charge >= 0.3 is 18.2 Å². The van der Waals surface area contributed by atoms with Crippen LogP contribution in [0.3, 0.4) is 0 Å². The third kappa shape index (κ3) is 3.44. The molecule has 0 spiro atoms. The lowest BCUT2D eigenvalue weighted by Gasteiger charge is -1.98. The standard InChI is InChI=1S/CH5NO7S3/c1-10(3,4)2-11(5,6)12(7,8)9/h2H,1H3,(H,7,8,9). The third-order valence-corrected chi connectivity index (χ3v) is 5.39. The van der Waals surface area contributed by atoms with Crippen molar-refractivity contribution in [1.29, 1.82) is 0 Å². The molecule has 12 heavy (non-hydrogen) atoms. The zero-order chi connectivity index (χ0) is 10.2. The van der Waals surface area contributed by atoms with Crippen LogP contribution in [-0.4, -0.2) is 36.1 Å². The second kappa shape index (κ2) is 2.92. The predicted molar refractivity (Wildman–Crippen MR) is 38.4 cm³/mol. The molecule has 0 amide bonds. The lowest BCUT2D eigenvalue weighted by atomic mass is 12.0. The van der Waals surface area contributed by atoms with E-state index in [1.165, 1.54) is 0 Å². The van der Waals surface area contributed by atoms with E-state index >= 15 is 0 Å². The maximum Gasteiger partial charge on any atom is 0.387 e. The average molecular weight is 239 g/mol. The highest BCUT2D eigenvalue weighted by molar-refractivity contribution is 8.65. The van der Waals surface area contributed by atoms with Gasteiger partial charge in [-0.2, -0.15) is 16.8 Å². The molecule has 0 aromatic heterocycles. The van der Waals surface area contributed by atoms with Gasteiger partial charge in [-0.1, -0.05) is 4.13 Å². The van der Waals surface area contributed by atoms with Crippen molar-refractivity contribution in [1.82, 2.24) is 4.13 Å². The van der Waals surface area contributed by atoms with Gasteiger partial charge in [-0.15, -0.1) is 0 Å². The first-order chi connectivity index (χ1) is 4.96. The molecule has 8 nitrogen and oxygen atoms in total. The molecule has 0 heterocycles. The Hall–Kier alpha value is -0.230. The average Bonchev–Trinajstić information content (AvgIpc) is 1.52. The minimum atomic E-state index is -5.45. The molecule has 0 aliphatic rings. The van der Waals surface area contributed by atoms with E-state index in [0.29, 0.717) is 6.26 Å². The molecule has 0 radical (unpaired) electrons. The first-order valence-electron chi connectivity index (χ1n) is 2.17. The van der Waals surface area contributed by atoms with Crippen molar-refractivity contribution in [3.8, 4) is 0 Å². The smallest absolute Gasteiger partial charge is 0.273 e. The van der Waals surface area contributed by atoms with Crippen LogP contribution in [0.4, 0.5) is 0 Å². The van der Waals surface area contributed by atoms with Crippen LogP contribution in [0.5, 0.6) is 0 Å². The molecule has 0 aliphatic carbocycles. The van der Waals surface area contributed by atoms with Crippen LogP contribution in [0.1, 0.15) is 0 Å². The van der Waals surface area contributed by atoms with Crippen LogP contribution < -0.4 is 4.13 Å². The second-order valence-corrected chi connectivity index (χ2v) is 8.29. The molecule has 0 saturated carbocycles. The van der Waals surface area contributed by atoms with Gasteiger partial charge in [-0.25, -0.2) is 8.42 Å². The lowest BCUT2D eigenvalue weighted by molar-refractivity contribution is 0.492. The molecule has 2 N–H and O–H groups in total. The number of sulfonamides is 1. The topological polar surface area (TPSA) is 135 Å². The van der Waals surface area contributed by atoms with Gasteiger partial charge in [-0.3, -0.25) is 4.55 Å². The van der Waals surface area contributed by atoms with Crippen LogP contribution >= 0.6 is 0 Å². The third-order valence-electron chi connectivity index (χ3n) is 0.531. The number of hydrogen-bond acceptors (Lipinski definition) is 6. The summed E-state index contributed by atoms with van der Waals surface area (Å²) in [6, 6.07) is 0. The minimum Gasteiger partial charge on any atom is -0.273 e. The molecule has 0 aromatic carbocycles. The van der Waals surface area contributed by atoms with Crippen LogP contribution in [0.25, 0.3) is 0 Å². The van der Waals surface area contributed by atoms with Gasteiger partial charge in [-0.05, 0) is 0 Å². The molecule has 0 unspecified atom stereocenters. The van der Waals surface area contributed by atoms with Crippen molar-refractivity contribution in [3.63, 3.8) is 0 Å². The summed E-state index contributed by atoms with van der Waals surface area (Å²) in [5, 5.41) is 0. The highest BCUT2D eigenvalue weighted by Crippen LogP contribution is 1.96. The van der Waals surface area contributed by atoms with E-state index in [4.69, 9.17) is 4.55 Å². The number of hydrogen-bond donors (Lipinski definition) is 2. The summed E-state index contributed by atoms with van der Waals surface area (Å²) in [5.74, 6) is 0. The zero-order valence-electron chi connectivity index (χ0n) is 5.62. The van der Waals surface area contributed by atoms with Gasteiger partial charge in [0.15, 0.2) is 0 Å². The molecule has 0 aliphatic heterocycles. The van der Waals surface area contributed by atoms with E-state index in [2.05, 4.69) is 0 Å². The SMILES string of the molecule is CS(=O)(=O)NS(=O)(=O)S(=O)(=O)O. The van der Waals surface area contributed by atoms with E-state index in [-0.39, 0.29) is 0 Å². The summed E-state index contributed by atoms with van der Waals surface area (Å²) in [5.41, 5.74) is 0. The normalized spacial score (nSPS) is 14.5. The fraction of sp³-hybridized carbons (Fsp3) is 1.00. The van der Waals surface area contributed by atoms with E-state index in [9.17, 15) is 25.3 Å². The van der Waals surface area contributed by atoms with Gasteiger partial charge < -0.3 is 0 Å². The van der Waals surface area contributed by atoms with E-state index in [0.717, 1.165) is 4.13 Å². The molecule has 0 rings (SSSR count). The Balaban J connectivity index is 5.25. The fourth-order valence-corrected chi connectivity index (χ4v) is 3.94. The van der Waals surface area contributed by atoms with Gasteiger partial charge in [0.05, 0.1) is 6.26 Å². The van der Waals surface area contributed by atoms with Crippen molar-refractivity contribution in [2.24, 2.45) is 0 Å². The van der Waals surface area contributed by atoms with Crippen molar-refractivity contribution < 1.29 is 29.8 Å². The minimum absolute atomic E-state index is 0.426. The largest absolute Gasteiger partial charge is 0.387 e. The maximum absolute atomic E-state index is 10.3. The van der Waals surface area contributed by atoms with Gasteiger partial charge in [0.1, 0.15) is 0 Å². The monoisotopic (exact) mass is 239 g/mol. The van der Waals surface area contributed by atoms with Gasteiger partial charge in [0.2, 0.25) is 10.0 Å². The van der Waals surface area contributed by atoms with Crippen LogP contribution in [0, 0.1) is 0 Å². The van der Waals surface area contributed by atoms with Crippen molar-refractivity contribution in [2.75, 3.05) is 6.26 Å². The Morgan fingerprint density at radius 3 is 1.42 bits per heavy atom. The van der Waals surface area contributed by atoms with E-state index in [1.54, 1.807) is 0 Å². The van der Waals surface area contributed by atoms with Gasteiger partial charge in [0, 0.05) is 0 Å². The zero-order valence-corrected chi connectivity index (χ0v) is 8.07. The lowest BCUT2D eigenvalue weighted by Crippen LogP contribution is -2.34. The summed E-state index contributed by atoms with van der Waals surface area (Å²) in [6.45, 7) is 0. The Bertz CT molecular complexity index is 449. The predicted octanol–water partition coefficient (Wildman–Crippen LogP) is -2.33. The highest BCUT2D eigenvalue weighted by Gasteiger charge is 2.30. The molecule has 0 aromatic rings. The van der Waals surface area contributed by atoms with Crippen LogP contribution in [-0.2, 0) is 28.2 Å². The molecule has 0 bridgehead atoms. The van der Waals surface area contributed by atoms with Gasteiger partial charge in [0.25, 0.3) is 0 Å². The molecule has 11 heteroatoms. The summed E-state index contributed by atoms with van der Waals surface area (Å²) in [7, 11) is -15.0. The molecule has 74 valence electrons. The number of nitrogens with one attached hydrogen (secondary N) is 1. The molecule has 0 atom stereocenters.